The quantitative estimate of drug-likeness (QED) is 0.653. The third-order valence-electron chi connectivity index (χ3n) is 3.20. The van der Waals surface area contributed by atoms with Crippen LogP contribution in [0.5, 0.6) is 5.75 Å². The van der Waals surface area contributed by atoms with Crippen LogP contribution in [0.15, 0.2) is 48.5 Å². The van der Waals surface area contributed by atoms with Gasteiger partial charge in [-0.25, -0.2) is 4.98 Å². The number of halogens is 1. The monoisotopic (exact) mass is 358 g/mol. The fourth-order valence-electron chi connectivity index (χ4n) is 2.11. The van der Waals surface area contributed by atoms with E-state index in [0.29, 0.717) is 16.8 Å². The van der Waals surface area contributed by atoms with Gasteiger partial charge in [0.05, 0.1) is 16.8 Å². The van der Waals surface area contributed by atoms with Crippen molar-refractivity contribution in [3.63, 3.8) is 0 Å². The maximum Gasteiger partial charge on any atom is 0.250 e. The summed E-state index contributed by atoms with van der Waals surface area (Å²) in [7, 11) is 0. The van der Waals surface area contributed by atoms with Gasteiger partial charge in [-0.3, -0.25) is 10.1 Å². The number of thiazole rings is 1. The van der Waals surface area contributed by atoms with Crippen molar-refractivity contribution in [3.05, 3.63) is 59.1 Å². The van der Waals surface area contributed by atoms with Gasteiger partial charge in [0, 0.05) is 11.1 Å². The third-order valence-corrected chi connectivity index (χ3v) is 4.38. The van der Waals surface area contributed by atoms with Crippen LogP contribution in [0.25, 0.3) is 16.3 Å². The van der Waals surface area contributed by atoms with E-state index in [0.717, 1.165) is 21.5 Å². The summed E-state index contributed by atoms with van der Waals surface area (Å²) in [5.41, 5.74) is 1.74. The normalized spacial score (nSPS) is 11.1. The standard InChI is InChI=1S/C18H15ClN2O2S/c1-2-23-14-8-9-15-16(11-14)24-18(20-15)21-17(22)10-5-12-3-6-13(19)7-4-12/h3-11H,2H2,1H3,(H,20,21,22)/b10-5+. The summed E-state index contributed by atoms with van der Waals surface area (Å²) in [6.07, 6.45) is 3.20. The van der Waals surface area contributed by atoms with Crippen LogP contribution in [-0.2, 0) is 4.79 Å². The first kappa shape index (κ1) is 16.5. The number of rotatable bonds is 5. The zero-order valence-corrected chi connectivity index (χ0v) is 14.5. The summed E-state index contributed by atoms with van der Waals surface area (Å²) < 4.78 is 6.44. The minimum Gasteiger partial charge on any atom is -0.494 e. The second-order valence-corrected chi connectivity index (χ2v) is 6.42. The molecule has 0 spiro atoms. The summed E-state index contributed by atoms with van der Waals surface area (Å²) >= 11 is 7.25. The largest absolute Gasteiger partial charge is 0.494 e. The number of nitrogens with one attached hydrogen (secondary N) is 1. The highest BCUT2D eigenvalue weighted by Gasteiger charge is 2.07. The number of carbonyl (C=O) groups excluding carboxylic acids is 1. The van der Waals surface area contributed by atoms with Crippen LogP contribution in [0, 0.1) is 0 Å². The second kappa shape index (κ2) is 7.47. The lowest BCUT2D eigenvalue weighted by molar-refractivity contribution is -0.111. The molecule has 2 aromatic carbocycles. The first-order valence-electron chi connectivity index (χ1n) is 7.42. The molecule has 0 saturated carbocycles. The number of fused-ring (bicyclic) bond motifs is 1. The Hall–Kier alpha value is -2.37. The molecule has 1 heterocycles. The Morgan fingerprint density at radius 3 is 2.83 bits per heavy atom. The predicted molar refractivity (Wildman–Crippen MR) is 99.9 cm³/mol. The zero-order chi connectivity index (χ0) is 16.9. The molecule has 24 heavy (non-hydrogen) atoms. The van der Waals surface area contributed by atoms with Gasteiger partial charge in [-0.15, -0.1) is 0 Å². The van der Waals surface area contributed by atoms with Crippen LogP contribution in [0.4, 0.5) is 5.13 Å². The van der Waals surface area contributed by atoms with Crippen molar-refractivity contribution in [1.82, 2.24) is 4.98 Å². The van der Waals surface area contributed by atoms with Crippen molar-refractivity contribution in [1.29, 1.82) is 0 Å². The van der Waals surface area contributed by atoms with Crippen molar-refractivity contribution in [2.45, 2.75) is 6.92 Å². The number of ether oxygens (including phenoxy) is 1. The number of nitrogens with zero attached hydrogens (tertiary/aromatic N) is 1. The van der Waals surface area contributed by atoms with E-state index in [9.17, 15) is 4.79 Å². The van der Waals surface area contributed by atoms with Gasteiger partial charge in [0.2, 0.25) is 5.91 Å². The summed E-state index contributed by atoms with van der Waals surface area (Å²) in [6.45, 7) is 2.55. The molecular formula is C18H15ClN2O2S. The first-order chi connectivity index (χ1) is 11.6. The van der Waals surface area contributed by atoms with E-state index in [-0.39, 0.29) is 5.91 Å². The number of anilines is 1. The van der Waals surface area contributed by atoms with Gasteiger partial charge in [0.1, 0.15) is 5.75 Å². The van der Waals surface area contributed by atoms with E-state index in [4.69, 9.17) is 16.3 Å². The molecule has 0 saturated heterocycles. The van der Waals surface area contributed by atoms with Gasteiger partial charge in [0.25, 0.3) is 0 Å². The smallest absolute Gasteiger partial charge is 0.250 e. The lowest BCUT2D eigenvalue weighted by atomic mass is 10.2. The van der Waals surface area contributed by atoms with E-state index in [2.05, 4.69) is 10.3 Å². The molecule has 4 nitrogen and oxygen atoms in total. The highest BCUT2D eigenvalue weighted by Crippen LogP contribution is 2.29. The van der Waals surface area contributed by atoms with Crippen LogP contribution < -0.4 is 10.1 Å². The second-order valence-electron chi connectivity index (χ2n) is 4.96. The maximum atomic E-state index is 12.0. The van der Waals surface area contributed by atoms with Gasteiger partial charge < -0.3 is 4.74 Å². The van der Waals surface area contributed by atoms with E-state index in [1.807, 2.05) is 37.3 Å². The molecule has 0 bridgehead atoms. The molecule has 0 unspecified atom stereocenters. The lowest BCUT2D eigenvalue weighted by Gasteiger charge is -2.00. The molecule has 3 aromatic rings. The van der Waals surface area contributed by atoms with Crippen LogP contribution in [-0.4, -0.2) is 17.5 Å². The minimum atomic E-state index is -0.228. The molecule has 0 atom stereocenters. The first-order valence-corrected chi connectivity index (χ1v) is 8.61. The molecule has 0 aliphatic rings. The molecule has 122 valence electrons. The van der Waals surface area contributed by atoms with E-state index in [1.165, 1.54) is 17.4 Å². The Morgan fingerprint density at radius 1 is 1.29 bits per heavy atom. The van der Waals surface area contributed by atoms with Crippen LogP contribution >= 0.6 is 22.9 Å². The molecule has 1 aromatic heterocycles. The maximum absolute atomic E-state index is 12.0. The number of amides is 1. The third kappa shape index (κ3) is 4.13. The summed E-state index contributed by atoms with van der Waals surface area (Å²) in [5.74, 6) is 0.572. The van der Waals surface area contributed by atoms with Crippen LogP contribution in [0.1, 0.15) is 12.5 Å². The van der Waals surface area contributed by atoms with Gasteiger partial charge >= 0.3 is 0 Å². The van der Waals surface area contributed by atoms with E-state index < -0.39 is 0 Å². The summed E-state index contributed by atoms with van der Waals surface area (Å²) in [6, 6.07) is 12.9. The lowest BCUT2D eigenvalue weighted by Crippen LogP contribution is -2.07. The number of hydrogen-bond acceptors (Lipinski definition) is 4. The average Bonchev–Trinajstić information content (AvgIpc) is 2.96. The van der Waals surface area contributed by atoms with Crippen molar-refractivity contribution in [2.24, 2.45) is 0 Å². The van der Waals surface area contributed by atoms with Gasteiger partial charge in [0.15, 0.2) is 5.13 Å². The van der Waals surface area contributed by atoms with Crippen LogP contribution in [0.2, 0.25) is 5.02 Å². The molecule has 0 aliphatic carbocycles. The van der Waals surface area contributed by atoms with Gasteiger partial charge in [-0.05, 0) is 48.9 Å². The molecule has 1 N–H and O–H groups in total. The molecule has 6 heteroatoms. The highest BCUT2D eigenvalue weighted by molar-refractivity contribution is 7.22. The van der Waals surface area contributed by atoms with Gasteiger partial charge in [-0.2, -0.15) is 0 Å². The highest BCUT2D eigenvalue weighted by atomic mass is 35.5. The van der Waals surface area contributed by atoms with E-state index >= 15 is 0 Å². The Labute approximate surface area is 148 Å². The SMILES string of the molecule is CCOc1ccc2nc(NC(=O)/C=C/c3ccc(Cl)cc3)sc2c1. The fraction of sp³-hybridized carbons (Fsp3) is 0.111. The number of aromatic nitrogens is 1. The molecule has 0 radical (unpaired) electrons. The molecule has 3 rings (SSSR count). The average molecular weight is 359 g/mol. The number of carbonyl (C=O) groups is 1. The topological polar surface area (TPSA) is 51.2 Å². The molecule has 1 amide bonds. The van der Waals surface area contributed by atoms with Crippen molar-refractivity contribution in [2.75, 3.05) is 11.9 Å². The number of benzene rings is 2. The Balaban J connectivity index is 1.69. The minimum absolute atomic E-state index is 0.228. The summed E-state index contributed by atoms with van der Waals surface area (Å²) in [4.78, 5) is 16.4. The molecule has 0 aliphatic heterocycles. The number of hydrogen-bond donors (Lipinski definition) is 1. The molecule has 0 fully saturated rings. The Bertz CT molecular complexity index is 888. The fourth-order valence-corrected chi connectivity index (χ4v) is 3.13. The predicted octanol–water partition coefficient (Wildman–Crippen LogP) is 5.00. The Kier molecular flexibility index (Phi) is 5.13. The van der Waals surface area contributed by atoms with Crippen molar-refractivity contribution < 1.29 is 9.53 Å². The summed E-state index contributed by atoms with van der Waals surface area (Å²) in [5, 5.41) is 4.00. The van der Waals surface area contributed by atoms with Crippen molar-refractivity contribution in [3.8, 4) is 5.75 Å². The van der Waals surface area contributed by atoms with Crippen molar-refractivity contribution >= 4 is 50.3 Å². The van der Waals surface area contributed by atoms with Crippen LogP contribution in [0.3, 0.4) is 0 Å². The van der Waals surface area contributed by atoms with E-state index in [1.54, 1.807) is 18.2 Å². The molecular weight excluding hydrogens is 344 g/mol. The zero-order valence-electron chi connectivity index (χ0n) is 13.0. The van der Waals surface area contributed by atoms with Gasteiger partial charge in [-0.1, -0.05) is 35.1 Å². The Morgan fingerprint density at radius 2 is 2.08 bits per heavy atom.